The Morgan fingerprint density at radius 1 is 1.36 bits per heavy atom. The van der Waals surface area contributed by atoms with E-state index in [0.29, 0.717) is 29.7 Å². The number of nitrogens with zero attached hydrogens (tertiary/aromatic N) is 3. The van der Waals surface area contributed by atoms with Crippen LogP contribution in [-0.2, 0) is 15.9 Å². The van der Waals surface area contributed by atoms with E-state index in [1.807, 2.05) is 34.9 Å². The van der Waals surface area contributed by atoms with Gasteiger partial charge in [-0.1, -0.05) is 36.3 Å². The summed E-state index contributed by atoms with van der Waals surface area (Å²) in [5.74, 6) is 2.84. The molecule has 4 rings (SSSR count). The number of carbonyl (C=O) groups is 1. The molecule has 0 unspecified atom stereocenters. The average Bonchev–Trinajstić information content (AvgIpc) is 3.43. The van der Waals surface area contributed by atoms with Crippen LogP contribution in [0.2, 0.25) is 5.28 Å². The number of aryl methyl sites for hydroxylation is 1. The van der Waals surface area contributed by atoms with Crippen molar-refractivity contribution < 1.29 is 24.5 Å². The van der Waals surface area contributed by atoms with Crippen molar-refractivity contribution in [2.24, 2.45) is 0 Å². The van der Waals surface area contributed by atoms with Gasteiger partial charge in [-0.3, -0.25) is 0 Å². The van der Waals surface area contributed by atoms with Crippen LogP contribution >= 0.6 is 11.6 Å². The molecule has 33 heavy (non-hydrogen) atoms. The third-order valence-electron chi connectivity index (χ3n) is 5.24. The number of aliphatic hydroxyl groups excluding tert-OH is 1. The summed E-state index contributed by atoms with van der Waals surface area (Å²) in [5, 5.41) is 18.4. The van der Waals surface area contributed by atoms with Crippen LogP contribution in [0.15, 0.2) is 42.6 Å². The van der Waals surface area contributed by atoms with Crippen molar-refractivity contribution in [1.29, 1.82) is 0 Å². The Hall–Kier alpha value is -3.32. The maximum absolute atomic E-state index is 9.99. The van der Waals surface area contributed by atoms with Crippen molar-refractivity contribution in [3.05, 3.63) is 53.4 Å². The molecule has 0 saturated carbocycles. The minimum atomic E-state index is -1.20. The molecule has 1 saturated heterocycles. The number of aliphatic hydroxyl groups is 1. The largest absolute Gasteiger partial charge is 0.505 e. The van der Waals surface area contributed by atoms with E-state index in [2.05, 4.69) is 20.6 Å². The standard InChI is InChI=1S/C13H13ClN4O2.C10H12O3/c1-2-13(7-19)5-3-9(20-13)18-6-4-8-10(15)16-12(14)17-11(8)18;11-10(12)13-8-4-7-9-5-2-1-3-6-9/h1,4,6,9,19H,3,5,7H2,(H2,15,16,17);1-3,5-6H,4,7-8H2,(H,11,12)/t9-,13+;/m1./s1. The number of nitrogens with two attached hydrogens (primary N) is 1. The second kappa shape index (κ2) is 11.0. The lowest BCUT2D eigenvalue weighted by Crippen LogP contribution is -2.31. The van der Waals surface area contributed by atoms with Gasteiger partial charge in [0.2, 0.25) is 5.28 Å². The predicted octanol–water partition coefficient (Wildman–Crippen LogP) is 3.65. The lowest BCUT2D eigenvalue weighted by molar-refractivity contribution is -0.0615. The number of hydrogen-bond acceptors (Lipinski definition) is 7. The summed E-state index contributed by atoms with van der Waals surface area (Å²) in [6.07, 6.45) is 8.59. The lowest BCUT2D eigenvalue weighted by Gasteiger charge is -2.21. The smallest absolute Gasteiger partial charge is 0.450 e. The number of fused-ring (bicyclic) bond motifs is 1. The van der Waals surface area contributed by atoms with Gasteiger partial charge in [0.25, 0.3) is 0 Å². The Balaban J connectivity index is 0.000000205. The fraction of sp³-hybridized carbons (Fsp3) is 0.348. The first-order chi connectivity index (χ1) is 15.9. The van der Waals surface area contributed by atoms with Crippen molar-refractivity contribution in [3.63, 3.8) is 0 Å². The summed E-state index contributed by atoms with van der Waals surface area (Å²) in [4.78, 5) is 18.1. The molecule has 10 heteroatoms. The first-order valence-corrected chi connectivity index (χ1v) is 10.7. The lowest BCUT2D eigenvalue weighted by atomic mass is 10.0. The number of carboxylic acid groups (broad SMARTS) is 1. The van der Waals surface area contributed by atoms with Crippen molar-refractivity contribution >= 4 is 34.6 Å². The third kappa shape index (κ3) is 6.14. The molecule has 1 aliphatic heterocycles. The molecule has 4 N–H and O–H groups in total. The number of aromatic nitrogens is 3. The fourth-order valence-corrected chi connectivity index (χ4v) is 3.71. The maximum Gasteiger partial charge on any atom is 0.505 e. The Morgan fingerprint density at radius 2 is 2.12 bits per heavy atom. The summed E-state index contributed by atoms with van der Waals surface area (Å²) in [6.45, 7) is 0.0569. The molecule has 2 atom stereocenters. The molecule has 1 fully saturated rings. The molecule has 2 aromatic heterocycles. The van der Waals surface area contributed by atoms with E-state index in [1.54, 1.807) is 12.3 Å². The molecule has 3 heterocycles. The molecule has 0 amide bonds. The van der Waals surface area contributed by atoms with Gasteiger partial charge in [0.15, 0.2) is 5.60 Å². The number of nitrogen functional groups attached to an aromatic ring is 1. The van der Waals surface area contributed by atoms with Crippen molar-refractivity contribution in [2.75, 3.05) is 18.9 Å². The molecule has 0 aliphatic carbocycles. The van der Waals surface area contributed by atoms with E-state index >= 15 is 0 Å². The highest BCUT2D eigenvalue weighted by Gasteiger charge is 2.39. The Labute approximate surface area is 196 Å². The Kier molecular flexibility index (Phi) is 8.11. The van der Waals surface area contributed by atoms with Crippen LogP contribution in [0.4, 0.5) is 10.6 Å². The van der Waals surface area contributed by atoms with Crippen molar-refractivity contribution in [3.8, 4) is 12.3 Å². The molecular formula is C23H25ClN4O5. The quantitative estimate of drug-likeness (QED) is 0.214. The summed E-state index contributed by atoms with van der Waals surface area (Å²) < 4.78 is 12.0. The van der Waals surface area contributed by atoms with Crippen LogP contribution in [0.5, 0.6) is 0 Å². The van der Waals surface area contributed by atoms with E-state index in [0.717, 1.165) is 12.8 Å². The van der Waals surface area contributed by atoms with Gasteiger partial charge >= 0.3 is 6.16 Å². The SMILES string of the molecule is C#C[C@@]1(CO)CC[C@H](n2ccc3c(N)nc(Cl)nc32)O1.O=C(O)OCCCc1ccccc1. The maximum atomic E-state index is 9.99. The van der Waals surface area contributed by atoms with Crippen LogP contribution in [-0.4, -0.2) is 49.7 Å². The monoisotopic (exact) mass is 472 g/mol. The number of hydrogen-bond donors (Lipinski definition) is 3. The Bertz CT molecular complexity index is 1130. The normalized spacial score (nSPS) is 19.5. The summed E-state index contributed by atoms with van der Waals surface area (Å²) >= 11 is 5.84. The summed E-state index contributed by atoms with van der Waals surface area (Å²) in [5.41, 5.74) is 6.69. The minimum Gasteiger partial charge on any atom is -0.450 e. The van der Waals surface area contributed by atoms with Crippen molar-refractivity contribution in [1.82, 2.24) is 14.5 Å². The molecule has 9 nitrogen and oxygen atoms in total. The van der Waals surface area contributed by atoms with Gasteiger partial charge in [-0.25, -0.2) is 9.78 Å². The number of halogens is 1. The highest BCUT2D eigenvalue weighted by molar-refractivity contribution is 6.28. The highest BCUT2D eigenvalue weighted by Crippen LogP contribution is 2.37. The highest BCUT2D eigenvalue weighted by atomic mass is 35.5. The topological polar surface area (TPSA) is 133 Å². The number of ether oxygens (including phenoxy) is 2. The zero-order valence-corrected chi connectivity index (χ0v) is 18.6. The van der Waals surface area contributed by atoms with Crippen LogP contribution < -0.4 is 5.73 Å². The van der Waals surface area contributed by atoms with E-state index in [1.165, 1.54) is 5.56 Å². The second-order valence-corrected chi connectivity index (χ2v) is 7.79. The van der Waals surface area contributed by atoms with Gasteiger partial charge in [0.1, 0.15) is 17.7 Å². The number of anilines is 1. The van der Waals surface area contributed by atoms with E-state index < -0.39 is 11.8 Å². The number of terminal acetylenes is 1. The molecule has 1 aromatic carbocycles. The predicted molar refractivity (Wildman–Crippen MR) is 124 cm³/mol. The molecule has 174 valence electrons. The van der Waals surface area contributed by atoms with Crippen LogP contribution in [0.1, 0.15) is 31.1 Å². The molecule has 0 spiro atoms. The van der Waals surface area contributed by atoms with E-state index in [4.69, 9.17) is 33.6 Å². The molecule has 3 aromatic rings. The Morgan fingerprint density at radius 3 is 2.76 bits per heavy atom. The van der Waals surface area contributed by atoms with E-state index in [-0.39, 0.29) is 24.7 Å². The zero-order chi connectivity index (χ0) is 23.8. The fourth-order valence-electron chi connectivity index (χ4n) is 3.54. The number of benzene rings is 1. The second-order valence-electron chi connectivity index (χ2n) is 7.45. The van der Waals surface area contributed by atoms with Crippen LogP contribution in [0.3, 0.4) is 0 Å². The summed E-state index contributed by atoms with van der Waals surface area (Å²) in [7, 11) is 0. The average molecular weight is 473 g/mol. The molecule has 0 radical (unpaired) electrons. The number of rotatable bonds is 6. The zero-order valence-electron chi connectivity index (χ0n) is 17.9. The molecular weight excluding hydrogens is 448 g/mol. The third-order valence-corrected chi connectivity index (χ3v) is 5.41. The van der Waals surface area contributed by atoms with Gasteiger partial charge in [-0.05, 0) is 48.9 Å². The minimum absolute atomic E-state index is 0.0818. The van der Waals surface area contributed by atoms with Crippen molar-refractivity contribution in [2.45, 2.75) is 37.5 Å². The molecule has 1 aliphatic rings. The first-order valence-electron chi connectivity index (χ1n) is 10.3. The van der Waals surface area contributed by atoms with Gasteiger partial charge in [0, 0.05) is 6.20 Å². The van der Waals surface area contributed by atoms with E-state index in [9.17, 15) is 9.90 Å². The van der Waals surface area contributed by atoms with Gasteiger partial charge in [0.05, 0.1) is 18.6 Å². The molecule has 0 bridgehead atoms. The first kappa shape index (κ1) is 24.3. The van der Waals surface area contributed by atoms with Crippen LogP contribution in [0, 0.1) is 12.3 Å². The van der Waals surface area contributed by atoms with Gasteiger partial charge in [-0.15, -0.1) is 6.42 Å². The van der Waals surface area contributed by atoms with Gasteiger partial charge < -0.3 is 30.0 Å². The van der Waals surface area contributed by atoms with Crippen LogP contribution in [0.25, 0.3) is 11.0 Å². The van der Waals surface area contributed by atoms with Gasteiger partial charge in [-0.2, -0.15) is 4.98 Å². The summed E-state index contributed by atoms with van der Waals surface area (Å²) in [6, 6.07) is 11.7.